The molecule has 1 fully saturated rings. The van der Waals surface area contributed by atoms with E-state index in [9.17, 15) is 9.18 Å². The first-order valence-corrected chi connectivity index (χ1v) is 9.66. The van der Waals surface area contributed by atoms with Crippen LogP contribution in [0, 0.1) is 5.82 Å². The summed E-state index contributed by atoms with van der Waals surface area (Å²) in [5.41, 5.74) is 3.29. The topological polar surface area (TPSA) is 39.7 Å². The van der Waals surface area contributed by atoms with Crippen LogP contribution in [0.5, 0.6) is 0 Å². The number of piperazine rings is 1. The molecule has 0 unspecified atom stereocenters. The van der Waals surface area contributed by atoms with Crippen molar-refractivity contribution in [2.45, 2.75) is 0 Å². The van der Waals surface area contributed by atoms with E-state index < -0.39 is 0 Å². The van der Waals surface area contributed by atoms with Gasteiger partial charge in [-0.2, -0.15) is 0 Å². The van der Waals surface area contributed by atoms with E-state index in [0.29, 0.717) is 5.69 Å². The Kier molecular flexibility index (Phi) is 5.42. The Labute approximate surface area is 170 Å². The third-order valence-corrected chi connectivity index (χ3v) is 5.25. The van der Waals surface area contributed by atoms with Crippen LogP contribution in [-0.2, 0) is 0 Å². The minimum absolute atomic E-state index is 0.135. The number of hydrogen-bond donors (Lipinski definition) is 0. The quantitative estimate of drug-likeness (QED) is 0.679. The second-order valence-corrected chi connectivity index (χ2v) is 7.05. The summed E-state index contributed by atoms with van der Waals surface area (Å²) >= 11 is 0. The van der Waals surface area contributed by atoms with Gasteiger partial charge in [0.2, 0.25) is 0 Å². The lowest BCUT2D eigenvalue weighted by Crippen LogP contribution is -2.46. The van der Waals surface area contributed by atoms with Crippen LogP contribution < -0.4 is 14.7 Å². The zero-order valence-corrected chi connectivity index (χ0v) is 16.3. The van der Waals surface area contributed by atoms with Gasteiger partial charge in [0, 0.05) is 44.6 Å². The Hall–Kier alpha value is -3.41. The molecule has 0 bridgehead atoms. The lowest BCUT2D eigenvalue weighted by atomic mass is 10.2. The van der Waals surface area contributed by atoms with Crippen molar-refractivity contribution in [3.05, 3.63) is 84.4 Å². The summed E-state index contributed by atoms with van der Waals surface area (Å²) in [5, 5.41) is 0. The number of rotatable bonds is 4. The number of para-hydroxylation sites is 1. The summed E-state index contributed by atoms with van der Waals surface area (Å²) < 4.78 is 13.1. The van der Waals surface area contributed by atoms with Gasteiger partial charge in [-0.3, -0.25) is 4.79 Å². The first kappa shape index (κ1) is 18.9. The van der Waals surface area contributed by atoms with Crippen LogP contribution in [0.3, 0.4) is 0 Å². The van der Waals surface area contributed by atoms with Gasteiger partial charge >= 0.3 is 0 Å². The number of carbonyl (C=O) groups is 1. The number of benzene rings is 2. The van der Waals surface area contributed by atoms with Gasteiger partial charge in [0.15, 0.2) is 0 Å². The van der Waals surface area contributed by atoms with Crippen molar-refractivity contribution in [3.8, 4) is 0 Å². The van der Waals surface area contributed by atoms with Gasteiger partial charge in [-0.15, -0.1) is 0 Å². The van der Waals surface area contributed by atoms with Crippen molar-refractivity contribution in [2.24, 2.45) is 0 Å². The molecule has 0 aliphatic carbocycles. The lowest BCUT2D eigenvalue weighted by Gasteiger charge is -2.37. The maximum atomic E-state index is 13.1. The monoisotopic (exact) mass is 390 g/mol. The Balaban J connectivity index is 1.38. The first-order chi connectivity index (χ1) is 14.1. The Morgan fingerprint density at radius 1 is 0.862 bits per heavy atom. The number of aromatic nitrogens is 1. The van der Waals surface area contributed by atoms with Crippen LogP contribution in [0.2, 0.25) is 0 Å². The number of amides is 1. The van der Waals surface area contributed by atoms with E-state index in [1.165, 1.54) is 12.1 Å². The van der Waals surface area contributed by atoms with Crippen molar-refractivity contribution >= 4 is 23.0 Å². The van der Waals surface area contributed by atoms with E-state index in [0.717, 1.165) is 43.2 Å². The van der Waals surface area contributed by atoms with Crippen LogP contribution in [0.4, 0.5) is 21.5 Å². The van der Waals surface area contributed by atoms with Crippen molar-refractivity contribution in [1.29, 1.82) is 0 Å². The molecule has 1 aromatic heterocycles. The second-order valence-electron chi connectivity index (χ2n) is 7.05. The summed E-state index contributed by atoms with van der Waals surface area (Å²) in [5.74, 6) is -0.352. The molecule has 1 saturated heterocycles. The fourth-order valence-corrected chi connectivity index (χ4v) is 3.52. The summed E-state index contributed by atoms with van der Waals surface area (Å²) in [7, 11) is 1.75. The molecule has 0 saturated carbocycles. The van der Waals surface area contributed by atoms with Gasteiger partial charge in [0.05, 0.1) is 11.9 Å². The number of pyridine rings is 1. The fraction of sp³-hybridized carbons (Fsp3) is 0.217. The van der Waals surface area contributed by atoms with Crippen molar-refractivity contribution < 1.29 is 9.18 Å². The maximum absolute atomic E-state index is 13.1. The molecule has 3 aromatic rings. The molecule has 0 radical (unpaired) electrons. The minimum atomic E-state index is -0.217. The Bertz CT molecular complexity index is 952. The third-order valence-electron chi connectivity index (χ3n) is 5.25. The van der Waals surface area contributed by atoms with E-state index in [1.54, 1.807) is 24.2 Å². The van der Waals surface area contributed by atoms with Gasteiger partial charge < -0.3 is 14.7 Å². The smallest absolute Gasteiger partial charge is 0.276 e. The Morgan fingerprint density at radius 3 is 2.03 bits per heavy atom. The number of anilines is 3. The summed E-state index contributed by atoms with van der Waals surface area (Å²) in [4.78, 5) is 23.2. The highest BCUT2D eigenvalue weighted by Crippen LogP contribution is 2.21. The average molecular weight is 390 g/mol. The molecule has 1 aliphatic heterocycles. The SMILES string of the molecule is CN(C(=O)c1ccc(N2CCN(c3ccc(F)cc3)CC2)cn1)c1ccccc1. The van der Waals surface area contributed by atoms with Crippen LogP contribution >= 0.6 is 0 Å². The van der Waals surface area contributed by atoms with Crippen LogP contribution in [-0.4, -0.2) is 44.1 Å². The molecule has 1 aliphatic rings. The van der Waals surface area contributed by atoms with E-state index in [-0.39, 0.29) is 11.7 Å². The highest BCUT2D eigenvalue weighted by Gasteiger charge is 2.19. The molecule has 6 heteroatoms. The van der Waals surface area contributed by atoms with E-state index in [1.807, 2.05) is 48.5 Å². The highest BCUT2D eigenvalue weighted by molar-refractivity contribution is 6.04. The fourth-order valence-electron chi connectivity index (χ4n) is 3.52. The number of hydrogen-bond acceptors (Lipinski definition) is 4. The van der Waals surface area contributed by atoms with Crippen LogP contribution in [0.1, 0.15) is 10.5 Å². The van der Waals surface area contributed by atoms with E-state index >= 15 is 0 Å². The van der Waals surface area contributed by atoms with E-state index in [2.05, 4.69) is 14.8 Å². The van der Waals surface area contributed by atoms with Crippen LogP contribution in [0.15, 0.2) is 72.9 Å². The first-order valence-electron chi connectivity index (χ1n) is 9.66. The molecular formula is C23H23FN4O. The maximum Gasteiger partial charge on any atom is 0.276 e. The second kappa shape index (κ2) is 8.31. The van der Waals surface area contributed by atoms with Gasteiger partial charge in [-0.1, -0.05) is 18.2 Å². The molecule has 5 nitrogen and oxygen atoms in total. The van der Waals surface area contributed by atoms with Crippen molar-refractivity contribution in [2.75, 3.05) is 47.9 Å². The molecule has 148 valence electrons. The molecule has 29 heavy (non-hydrogen) atoms. The number of nitrogens with zero attached hydrogens (tertiary/aromatic N) is 4. The molecule has 0 spiro atoms. The molecule has 1 amide bonds. The molecule has 2 aromatic carbocycles. The largest absolute Gasteiger partial charge is 0.368 e. The molecule has 0 N–H and O–H groups in total. The standard InChI is InChI=1S/C23H23FN4O/c1-26(19-5-3-2-4-6-19)23(29)22-12-11-21(17-25-22)28-15-13-27(14-16-28)20-9-7-18(24)8-10-20/h2-12,17H,13-16H2,1H3. The van der Waals surface area contributed by atoms with Gasteiger partial charge in [-0.25, -0.2) is 9.37 Å². The number of carbonyl (C=O) groups excluding carboxylic acids is 1. The highest BCUT2D eigenvalue weighted by atomic mass is 19.1. The number of halogens is 1. The van der Waals surface area contributed by atoms with Gasteiger partial charge in [0.1, 0.15) is 11.5 Å². The summed E-state index contributed by atoms with van der Waals surface area (Å²) in [6.45, 7) is 3.39. The van der Waals surface area contributed by atoms with Crippen LogP contribution in [0.25, 0.3) is 0 Å². The predicted octanol–water partition coefficient (Wildman–Crippen LogP) is 3.82. The Morgan fingerprint density at radius 2 is 1.45 bits per heavy atom. The molecule has 2 heterocycles. The summed E-state index contributed by atoms with van der Waals surface area (Å²) in [6, 6.07) is 19.9. The van der Waals surface area contributed by atoms with Gasteiger partial charge in [0.25, 0.3) is 5.91 Å². The minimum Gasteiger partial charge on any atom is -0.368 e. The van der Waals surface area contributed by atoms with Gasteiger partial charge in [-0.05, 0) is 48.5 Å². The third kappa shape index (κ3) is 4.21. The molecule has 4 rings (SSSR count). The molecular weight excluding hydrogens is 367 g/mol. The zero-order chi connectivity index (χ0) is 20.2. The molecule has 0 atom stereocenters. The lowest BCUT2D eigenvalue weighted by molar-refractivity contribution is 0.0988. The van der Waals surface area contributed by atoms with Crippen molar-refractivity contribution in [3.63, 3.8) is 0 Å². The summed E-state index contributed by atoms with van der Waals surface area (Å²) in [6.07, 6.45) is 1.76. The predicted molar refractivity (Wildman–Crippen MR) is 114 cm³/mol. The van der Waals surface area contributed by atoms with E-state index in [4.69, 9.17) is 0 Å². The van der Waals surface area contributed by atoms with Crippen molar-refractivity contribution in [1.82, 2.24) is 4.98 Å². The zero-order valence-electron chi connectivity index (χ0n) is 16.3. The normalized spacial score (nSPS) is 14.0. The average Bonchev–Trinajstić information content (AvgIpc) is 2.79.